The molecule has 1 fully saturated rings. The molecule has 6 nitrogen and oxygen atoms in total. The van der Waals surface area contributed by atoms with E-state index in [2.05, 4.69) is 17.5 Å². The number of nitrogens with one attached hydrogen (secondary N) is 1. The van der Waals surface area contributed by atoms with Gasteiger partial charge in [-0.25, -0.2) is 13.2 Å². The standard InChI is InChI=1S/C26H25ClN2O4S/c27-20-9-10-21-19(16-20)8-7-18-4-3-13-28-25(18)24(21)17-11-14-29(15-12-17)34(32,33)23-6-2-1-5-22(23)26(30)31/h1-6,9-10,13,16,25,28H,7-8,11-12,14-15H2,(H,30,31). The van der Waals surface area contributed by atoms with Gasteiger partial charge in [0.05, 0.1) is 16.5 Å². The highest BCUT2D eigenvalue weighted by molar-refractivity contribution is 7.89. The van der Waals surface area contributed by atoms with Crippen LogP contribution in [0.25, 0.3) is 5.57 Å². The maximum absolute atomic E-state index is 13.3. The molecule has 1 atom stereocenters. The van der Waals surface area contributed by atoms with Crippen LogP contribution in [0.3, 0.4) is 0 Å². The molecule has 2 aromatic rings. The number of carboxylic acids is 1. The topological polar surface area (TPSA) is 86.7 Å². The molecule has 176 valence electrons. The number of carboxylic acid groups (broad SMARTS) is 1. The van der Waals surface area contributed by atoms with Gasteiger partial charge in [-0.05, 0) is 84.5 Å². The number of allylic oxidation sites excluding steroid dienone is 2. The molecule has 0 saturated carbocycles. The number of nitrogens with zero attached hydrogens (tertiary/aromatic N) is 1. The van der Waals surface area contributed by atoms with E-state index in [1.807, 2.05) is 24.4 Å². The minimum atomic E-state index is -3.91. The molecule has 3 aliphatic rings. The molecular formula is C26H25ClN2O4S. The molecule has 0 aromatic heterocycles. The van der Waals surface area contributed by atoms with Crippen molar-refractivity contribution in [2.75, 3.05) is 13.1 Å². The van der Waals surface area contributed by atoms with E-state index in [9.17, 15) is 18.3 Å². The number of aryl methyl sites for hydroxylation is 1. The van der Waals surface area contributed by atoms with Crippen molar-refractivity contribution in [2.24, 2.45) is 0 Å². The normalized spacial score (nSPS) is 20.6. The quantitative estimate of drug-likeness (QED) is 0.646. The van der Waals surface area contributed by atoms with Crippen LogP contribution in [-0.2, 0) is 16.4 Å². The van der Waals surface area contributed by atoms with Crippen molar-refractivity contribution in [2.45, 2.75) is 36.6 Å². The van der Waals surface area contributed by atoms with Crippen molar-refractivity contribution in [1.29, 1.82) is 0 Å². The van der Waals surface area contributed by atoms with Gasteiger partial charge in [0, 0.05) is 18.1 Å². The summed E-state index contributed by atoms with van der Waals surface area (Å²) in [6, 6.07) is 11.9. The molecule has 2 aliphatic heterocycles. The fourth-order valence-corrected chi connectivity index (χ4v) is 6.98. The Kier molecular flexibility index (Phi) is 6.10. The highest BCUT2D eigenvalue weighted by Gasteiger charge is 2.34. The van der Waals surface area contributed by atoms with Gasteiger partial charge >= 0.3 is 5.97 Å². The second-order valence-corrected chi connectivity index (χ2v) is 11.1. The van der Waals surface area contributed by atoms with Crippen molar-refractivity contribution >= 4 is 33.2 Å². The number of hydrogen-bond donors (Lipinski definition) is 2. The number of piperidine rings is 1. The zero-order valence-corrected chi connectivity index (χ0v) is 20.1. The number of carbonyl (C=O) groups is 1. The Morgan fingerprint density at radius 3 is 2.59 bits per heavy atom. The number of benzene rings is 2. The molecule has 8 heteroatoms. The number of halogens is 1. The Hall–Kier alpha value is -2.87. The second kappa shape index (κ2) is 9.06. The lowest BCUT2D eigenvalue weighted by atomic mass is 9.85. The smallest absolute Gasteiger partial charge is 0.337 e. The SMILES string of the molecule is O=C(O)c1ccccc1S(=O)(=O)N1CCC(=C2c3ccc(Cl)cc3CCC3=CC=CNC32)CC1. The molecular weight excluding hydrogens is 472 g/mol. The Labute approximate surface area is 204 Å². The number of aromatic carboxylic acids is 1. The minimum absolute atomic E-state index is 0.0540. The summed E-state index contributed by atoms with van der Waals surface area (Å²) in [5.41, 5.74) is 5.92. The van der Waals surface area contributed by atoms with Gasteiger partial charge in [-0.15, -0.1) is 0 Å². The monoisotopic (exact) mass is 496 g/mol. The number of fused-ring (bicyclic) bond motifs is 2. The van der Waals surface area contributed by atoms with E-state index in [4.69, 9.17) is 11.6 Å². The lowest BCUT2D eigenvalue weighted by Gasteiger charge is -2.33. The molecule has 2 N–H and O–H groups in total. The first kappa shape index (κ1) is 22.9. The van der Waals surface area contributed by atoms with Gasteiger partial charge in [0.25, 0.3) is 0 Å². The van der Waals surface area contributed by atoms with Gasteiger partial charge in [0.1, 0.15) is 0 Å². The Morgan fingerprint density at radius 1 is 1.06 bits per heavy atom. The van der Waals surface area contributed by atoms with Gasteiger partial charge in [-0.1, -0.05) is 41.4 Å². The first-order valence-corrected chi connectivity index (χ1v) is 13.1. The average molecular weight is 497 g/mol. The Balaban J connectivity index is 1.50. The summed E-state index contributed by atoms with van der Waals surface area (Å²) in [7, 11) is -3.91. The number of rotatable bonds is 3. The van der Waals surface area contributed by atoms with Crippen LogP contribution >= 0.6 is 11.6 Å². The van der Waals surface area contributed by atoms with Gasteiger partial charge in [-0.2, -0.15) is 4.31 Å². The molecule has 1 aliphatic carbocycles. The van der Waals surface area contributed by atoms with Gasteiger partial charge in [-0.3, -0.25) is 0 Å². The van der Waals surface area contributed by atoms with Crippen LogP contribution in [0.4, 0.5) is 0 Å². The summed E-state index contributed by atoms with van der Waals surface area (Å²) in [4.78, 5) is 11.4. The van der Waals surface area contributed by atoms with E-state index < -0.39 is 16.0 Å². The third-order valence-electron chi connectivity index (χ3n) is 6.81. The lowest BCUT2D eigenvalue weighted by Crippen LogP contribution is -2.38. The average Bonchev–Trinajstić information content (AvgIpc) is 3.00. The van der Waals surface area contributed by atoms with Crippen LogP contribution in [0, 0.1) is 0 Å². The van der Waals surface area contributed by atoms with Crippen molar-refractivity contribution in [3.05, 3.63) is 93.7 Å². The Bertz CT molecular complexity index is 1350. The van der Waals surface area contributed by atoms with Gasteiger partial charge in [0.2, 0.25) is 10.0 Å². The first-order chi connectivity index (χ1) is 16.4. The van der Waals surface area contributed by atoms with E-state index in [1.54, 1.807) is 6.07 Å². The maximum atomic E-state index is 13.3. The summed E-state index contributed by atoms with van der Waals surface area (Å²) in [6.45, 7) is 0.610. The highest BCUT2D eigenvalue weighted by atomic mass is 35.5. The summed E-state index contributed by atoms with van der Waals surface area (Å²) in [5, 5.41) is 13.7. The number of dihydropyridines is 1. The molecule has 1 saturated heterocycles. The molecule has 0 bridgehead atoms. The molecule has 0 amide bonds. The third-order valence-corrected chi connectivity index (χ3v) is 9.00. The molecule has 5 rings (SSSR count). The fraction of sp³-hybridized carbons (Fsp3) is 0.269. The zero-order chi connectivity index (χ0) is 23.9. The third kappa shape index (κ3) is 4.08. The summed E-state index contributed by atoms with van der Waals surface area (Å²) < 4.78 is 28.0. The van der Waals surface area contributed by atoms with Crippen LogP contribution in [-0.4, -0.2) is 42.9 Å². The minimum Gasteiger partial charge on any atom is -0.478 e. The second-order valence-electron chi connectivity index (χ2n) is 8.72. The Morgan fingerprint density at radius 2 is 1.82 bits per heavy atom. The molecule has 2 aromatic carbocycles. The van der Waals surface area contributed by atoms with Gasteiger partial charge in [0.15, 0.2) is 0 Å². The fourth-order valence-electron chi connectivity index (χ4n) is 5.16. The van der Waals surface area contributed by atoms with E-state index in [1.165, 1.54) is 50.4 Å². The predicted octanol–water partition coefficient (Wildman–Crippen LogP) is 4.63. The molecule has 2 heterocycles. The van der Waals surface area contributed by atoms with Gasteiger partial charge < -0.3 is 10.4 Å². The van der Waals surface area contributed by atoms with Crippen molar-refractivity contribution in [1.82, 2.24) is 9.62 Å². The number of sulfonamides is 1. The van der Waals surface area contributed by atoms with E-state index in [0.29, 0.717) is 31.0 Å². The summed E-state index contributed by atoms with van der Waals surface area (Å²) >= 11 is 6.31. The number of hydrogen-bond acceptors (Lipinski definition) is 4. The van der Waals surface area contributed by atoms with Crippen LogP contribution in [0.1, 0.15) is 40.7 Å². The van der Waals surface area contributed by atoms with Crippen LogP contribution in [0.15, 0.2) is 76.9 Å². The van der Waals surface area contributed by atoms with E-state index in [-0.39, 0.29) is 16.5 Å². The van der Waals surface area contributed by atoms with Crippen LogP contribution < -0.4 is 5.32 Å². The van der Waals surface area contributed by atoms with Crippen molar-refractivity contribution < 1.29 is 18.3 Å². The molecule has 1 unspecified atom stereocenters. The predicted molar refractivity (Wildman–Crippen MR) is 132 cm³/mol. The lowest BCUT2D eigenvalue weighted by molar-refractivity contribution is 0.0692. The van der Waals surface area contributed by atoms with Crippen LogP contribution in [0.2, 0.25) is 5.02 Å². The van der Waals surface area contributed by atoms with E-state index in [0.717, 1.165) is 12.8 Å². The first-order valence-electron chi connectivity index (χ1n) is 11.3. The molecule has 34 heavy (non-hydrogen) atoms. The zero-order valence-electron chi connectivity index (χ0n) is 18.5. The largest absolute Gasteiger partial charge is 0.478 e. The maximum Gasteiger partial charge on any atom is 0.337 e. The van der Waals surface area contributed by atoms with Crippen molar-refractivity contribution in [3.8, 4) is 0 Å². The van der Waals surface area contributed by atoms with Crippen LogP contribution in [0.5, 0.6) is 0 Å². The van der Waals surface area contributed by atoms with Crippen molar-refractivity contribution in [3.63, 3.8) is 0 Å². The van der Waals surface area contributed by atoms with E-state index >= 15 is 0 Å². The summed E-state index contributed by atoms with van der Waals surface area (Å²) in [5.74, 6) is -1.25. The molecule has 0 spiro atoms. The summed E-state index contributed by atoms with van der Waals surface area (Å²) in [6.07, 6.45) is 9.14. The highest BCUT2D eigenvalue weighted by Crippen LogP contribution is 2.40. The molecule has 0 radical (unpaired) electrons.